The molecule has 2 saturated heterocycles. The number of rotatable bonds is 3. The predicted octanol–water partition coefficient (Wildman–Crippen LogP) is 1.88. The number of ether oxygens (including phenoxy) is 1. The third-order valence-corrected chi connectivity index (χ3v) is 5.80. The number of halogens is 1. The predicted molar refractivity (Wildman–Crippen MR) is 98.6 cm³/mol. The van der Waals surface area contributed by atoms with E-state index >= 15 is 0 Å². The average molecular weight is 380 g/mol. The Morgan fingerprint density at radius 1 is 1.19 bits per heavy atom. The largest absolute Gasteiger partial charge is 0.496 e. The van der Waals surface area contributed by atoms with Crippen molar-refractivity contribution in [2.45, 2.75) is 38.9 Å². The summed E-state index contributed by atoms with van der Waals surface area (Å²) in [6.07, 6.45) is 0. The van der Waals surface area contributed by atoms with Crippen LogP contribution >= 0.6 is 11.6 Å². The molecule has 2 fully saturated rings. The normalized spacial score (nSPS) is 21.5. The van der Waals surface area contributed by atoms with Gasteiger partial charge in [-0.15, -0.1) is 0 Å². The minimum Gasteiger partial charge on any atom is -0.469 e. The van der Waals surface area contributed by atoms with Crippen molar-refractivity contribution < 1.29 is 23.6 Å². The van der Waals surface area contributed by atoms with Crippen molar-refractivity contribution in [2.75, 3.05) is 20.2 Å². The lowest BCUT2D eigenvalue weighted by molar-refractivity contribution is -0.149. The molecule has 0 spiro atoms. The Hall–Kier alpha value is -1.57. The number of carbonyl (C=O) groups excluding carboxylic acids is 2. The van der Waals surface area contributed by atoms with Gasteiger partial charge >= 0.3 is 13.1 Å². The average Bonchev–Trinajstić information content (AvgIpc) is 2.73. The Kier molecular flexibility index (Phi) is 4.84. The molecule has 3 rings (SSSR count). The van der Waals surface area contributed by atoms with Gasteiger partial charge in [-0.3, -0.25) is 9.59 Å². The van der Waals surface area contributed by atoms with Crippen LogP contribution in [0.2, 0.25) is 5.02 Å². The molecule has 0 bridgehead atoms. The van der Waals surface area contributed by atoms with E-state index in [0.717, 1.165) is 0 Å². The van der Waals surface area contributed by atoms with Crippen LogP contribution < -0.4 is 5.46 Å². The number of carbonyl (C=O) groups is 2. The van der Waals surface area contributed by atoms with Crippen LogP contribution in [0.4, 0.5) is 0 Å². The van der Waals surface area contributed by atoms with Crippen molar-refractivity contribution in [3.05, 3.63) is 28.8 Å². The highest BCUT2D eigenvalue weighted by molar-refractivity contribution is 6.65. The van der Waals surface area contributed by atoms with Gasteiger partial charge < -0.3 is 18.9 Å². The lowest BCUT2D eigenvalue weighted by Gasteiger charge is -2.37. The zero-order valence-corrected chi connectivity index (χ0v) is 16.4. The van der Waals surface area contributed by atoms with Crippen molar-refractivity contribution in [1.82, 2.24) is 4.90 Å². The number of hydrogen-bond acceptors (Lipinski definition) is 5. The van der Waals surface area contributed by atoms with Crippen molar-refractivity contribution in [3.8, 4) is 0 Å². The summed E-state index contributed by atoms with van der Waals surface area (Å²) in [6, 6.07) is 5.05. The lowest BCUT2D eigenvalue weighted by Crippen LogP contribution is -2.53. The smallest absolute Gasteiger partial charge is 0.469 e. The molecule has 0 radical (unpaired) electrons. The maximum atomic E-state index is 12.7. The molecule has 0 aromatic heterocycles. The van der Waals surface area contributed by atoms with Gasteiger partial charge in [0, 0.05) is 29.1 Å². The quantitative estimate of drug-likeness (QED) is 0.593. The summed E-state index contributed by atoms with van der Waals surface area (Å²) >= 11 is 6.33. The van der Waals surface area contributed by atoms with Gasteiger partial charge in [0.25, 0.3) is 5.91 Å². The first-order valence-corrected chi connectivity index (χ1v) is 8.96. The molecule has 1 aromatic rings. The number of methoxy groups -OCH3 is 1. The van der Waals surface area contributed by atoms with Crippen molar-refractivity contribution >= 4 is 36.1 Å². The minimum absolute atomic E-state index is 0.153. The molecule has 0 unspecified atom stereocenters. The molecule has 140 valence electrons. The van der Waals surface area contributed by atoms with E-state index in [1.807, 2.05) is 27.7 Å². The molecule has 2 heterocycles. The van der Waals surface area contributed by atoms with Gasteiger partial charge in [-0.1, -0.05) is 11.6 Å². The van der Waals surface area contributed by atoms with Gasteiger partial charge in [0.2, 0.25) is 0 Å². The van der Waals surface area contributed by atoms with Crippen molar-refractivity contribution in [1.29, 1.82) is 0 Å². The third kappa shape index (κ3) is 3.24. The zero-order valence-electron chi connectivity index (χ0n) is 15.7. The van der Waals surface area contributed by atoms with Gasteiger partial charge in [-0.25, -0.2) is 0 Å². The fraction of sp³-hybridized carbons (Fsp3) is 0.556. The van der Waals surface area contributed by atoms with Gasteiger partial charge in [-0.05, 0) is 45.9 Å². The molecule has 0 atom stereocenters. The van der Waals surface area contributed by atoms with Gasteiger partial charge in [0.15, 0.2) is 0 Å². The molecule has 1 amide bonds. The summed E-state index contributed by atoms with van der Waals surface area (Å²) in [6.45, 7) is 8.57. The van der Waals surface area contributed by atoms with E-state index < -0.39 is 18.3 Å². The molecule has 0 aliphatic carbocycles. The van der Waals surface area contributed by atoms with Crippen LogP contribution in [0.5, 0.6) is 0 Å². The molecule has 2 aliphatic rings. The Balaban J connectivity index is 1.77. The summed E-state index contributed by atoms with van der Waals surface area (Å²) in [7, 11) is 0.711. The van der Waals surface area contributed by atoms with Crippen molar-refractivity contribution in [2.24, 2.45) is 5.92 Å². The summed E-state index contributed by atoms with van der Waals surface area (Å²) in [5.41, 5.74) is 0.127. The first kappa shape index (κ1) is 19.2. The first-order valence-electron chi connectivity index (χ1n) is 8.58. The summed E-state index contributed by atoms with van der Waals surface area (Å²) in [5, 5.41) is 0.482. The van der Waals surface area contributed by atoms with Crippen LogP contribution in [0.15, 0.2) is 18.2 Å². The third-order valence-electron chi connectivity index (χ3n) is 5.45. The lowest BCUT2D eigenvalue weighted by atomic mass is 9.78. The second kappa shape index (κ2) is 6.55. The van der Waals surface area contributed by atoms with Crippen LogP contribution in [-0.2, 0) is 18.8 Å². The second-order valence-electron chi connectivity index (χ2n) is 7.75. The van der Waals surface area contributed by atoms with E-state index in [9.17, 15) is 9.59 Å². The summed E-state index contributed by atoms with van der Waals surface area (Å²) in [4.78, 5) is 25.8. The number of amides is 1. The number of benzene rings is 1. The number of hydrogen-bond donors (Lipinski definition) is 0. The molecule has 0 N–H and O–H groups in total. The minimum atomic E-state index is -0.639. The highest BCUT2D eigenvalue weighted by Crippen LogP contribution is 2.37. The summed E-state index contributed by atoms with van der Waals surface area (Å²) in [5.74, 6) is -0.693. The fourth-order valence-corrected chi connectivity index (χ4v) is 3.18. The van der Waals surface area contributed by atoms with Crippen LogP contribution in [0.3, 0.4) is 0 Å². The van der Waals surface area contributed by atoms with E-state index in [1.165, 1.54) is 7.11 Å². The Morgan fingerprint density at radius 2 is 1.77 bits per heavy atom. The first-order chi connectivity index (χ1) is 12.1. The Morgan fingerprint density at radius 3 is 2.31 bits per heavy atom. The molecule has 0 saturated carbocycles. The molecule has 26 heavy (non-hydrogen) atoms. The number of likely N-dealkylation sites (tertiary alicyclic amines) is 1. The highest BCUT2D eigenvalue weighted by Gasteiger charge is 2.52. The second-order valence-corrected chi connectivity index (χ2v) is 8.16. The molecule has 6 nitrogen and oxygen atoms in total. The fourth-order valence-electron chi connectivity index (χ4n) is 2.97. The van der Waals surface area contributed by atoms with Crippen LogP contribution in [0.1, 0.15) is 38.1 Å². The standard InChI is InChI=1S/C18H23BClNO5/c1-17(2)18(3,4)26-19(25-17)13-8-11(6-7-14(13)20)15(22)21-9-12(10-21)16(23)24-5/h6-8,12H,9-10H2,1-5H3. The Bertz CT molecular complexity index is 729. The van der Waals surface area contributed by atoms with E-state index in [4.69, 9.17) is 25.6 Å². The maximum Gasteiger partial charge on any atom is 0.496 e. The van der Waals surface area contributed by atoms with E-state index in [0.29, 0.717) is 29.1 Å². The SMILES string of the molecule is COC(=O)C1CN(C(=O)c2ccc(Cl)c(B3OC(C)(C)C(C)(C)O3)c2)C1. The van der Waals surface area contributed by atoms with Gasteiger partial charge in [-0.2, -0.15) is 0 Å². The van der Waals surface area contributed by atoms with Crippen molar-refractivity contribution in [3.63, 3.8) is 0 Å². The molecule has 2 aliphatic heterocycles. The van der Waals surface area contributed by atoms with E-state index in [1.54, 1.807) is 23.1 Å². The molecular weight excluding hydrogens is 356 g/mol. The van der Waals surface area contributed by atoms with Crippen LogP contribution in [0.25, 0.3) is 0 Å². The van der Waals surface area contributed by atoms with E-state index in [-0.39, 0.29) is 17.8 Å². The van der Waals surface area contributed by atoms with E-state index in [2.05, 4.69) is 0 Å². The molecule has 8 heteroatoms. The monoisotopic (exact) mass is 379 g/mol. The zero-order chi connectivity index (χ0) is 19.3. The van der Waals surface area contributed by atoms with Gasteiger partial charge in [0.05, 0.1) is 24.2 Å². The maximum absolute atomic E-state index is 12.7. The van der Waals surface area contributed by atoms with Crippen LogP contribution in [-0.4, -0.2) is 55.3 Å². The highest BCUT2D eigenvalue weighted by atomic mass is 35.5. The topological polar surface area (TPSA) is 65.1 Å². The molecule has 1 aromatic carbocycles. The summed E-state index contributed by atoms with van der Waals surface area (Å²) < 4.78 is 16.8. The van der Waals surface area contributed by atoms with Crippen LogP contribution in [0, 0.1) is 5.92 Å². The van der Waals surface area contributed by atoms with Gasteiger partial charge in [0.1, 0.15) is 0 Å². The number of nitrogens with zero attached hydrogens (tertiary/aromatic N) is 1. The number of esters is 1. The Labute approximate surface area is 158 Å². The molecular formula is C18H23BClNO5.